The number of nitrogens with one attached hydrogen (secondary N) is 2. The fraction of sp³-hybridized carbons (Fsp3) is 0.475. The number of carboxylic acids is 1. The Balaban J connectivity index is 1.67. The van der Waals surface area contributed by atoms with Crippen LogP contribution < -0.4 is 25.1 Å². The van der Waals surface area contributed by atoms with Crippen LogP contribution in [-0.2, 0) is 14.4 Å². The average molecular weight is 751 g/mol. The van der Waals surface area contributed by atoms with Crippen LogP contribution in [0.4, 0.5) is 17.1 Å². The Morgan fingerprint density at radius 3 is 2.21 bits per heavy atom. The maximum Gasteiger partial charge on any atom is 0.326 e. The summed E-state index contributed by atoms with van der Waals surface area (Å²) in [6.07, 6.45) is 7.35. The van der Waals surface area contributed by atoms with Gasteiger partial charge in [0.15, 0.2) is 12.3 Å². The lowest BCUT2D eigenvalue weighted by Gasteiger charge is -2.41. The number of aliphatic carboxylic acids is 1. The SMILES string of the molecule is CCCCC1(CCCC)CN(c2ccccc2)c2cc(SC)c(OCC(=O)N[C@@H](C(=O)N[C@@H](CC(C)C)C(=O)O)c3ccc(O)cc3)cc2[N+]([O-])(O)C1. The molecular formula is C40H54N4O8S. The Hall–Kier alpha value is -4.30. The van der Waals surface area contributed by atoms with Crippen molar-refractivity contribution in [1.82, 2.24) is 15.4 Å². The molecule has 0 aromatic heterocycles. The predicted molar refractivity (Wildman–Crippen MR) is 208 cm³/mol. The largest absolute Gasteiger partial charge is 0.593 e. The van der Waals surface area contributed by atoms with Crippen LogP contribution >= 0.6 is 11.8 Å². The van der Waals surface area contributed by atoms with E-state index in [0.717, 1.165) is 44.2 Å². The number of ether oxygens (including phenoxy) is 1. The Morgan fingerprint density at radius 1 is 1.00 bits per heavy atom. The molecule has 0 spiro atoms. The third-order valence-corrected chi connectivity index (χ3v) is 10.4. The van der Waals surface area contributed by atoms with E-state index in [9.17, 15) is 35.0 Å². The number of phenols is 1. The molecule has 3 aromatic rings. The Bertz CT molecular complexity index is 1680. The summed E-state index contributed by atoms with van der Waals surface area (Å²) < 4.78 is 6.04. The van der Waals surface area contributed by atoms with E-state index in [2.05, 4.69) is 29.4 Å². The van der Waals surface area contributed by atoms with E-state index in [1.54, 1.807) is 0 Å². The van der Waals surface area contributed by atoms with Crippen molar-refractivity contribution in [2.75, 3.05) is 30.9 Å². The van der Waals surface area contributed by atoms with Crippen LogP contribution in [0.25, 0.3) is 0 Å². The van der Waals surface area contributed by atoms with Crippen LogP contribution in [0.5, 0.6) is 11.5 Å². The first-order valence-corrected chi connectivity index (χ1v) is 19.6. The number of benzene rings is 3. The van der Waals surface area contributed by atoms with Gasteiger partial charge in [0, 0.05) is 23.7 Å². The van der Waals surface area contributed by atoms with Gasteiger partial charge in [-0.3, -0.25) is 9.59 Å². The molecule has 288 valence electrons. The lowest BCUT2D eigenvalue weighted by molar-refractivity contribution is -0.142. The number of quaternary nitrogens is 1. The third kappa shape index (κ3) is 10.9. The highest BCUT2D eigenvalue weighted by atomic mass is 32.2. The van der Waals surface area contributed by atoms with E-state index in [1.165, 1.54) is 42.1 Å². The van der Waals surface area contributed by atoms with Crippen LogP contribution in [0.3, 0.4) is 0 Å². The van der Waals surface area contributed by atoms with E-state index in [4.69, 9.17) is 4.74 Å². The highest BCUT2D eigenvalue weighted by Gasteiger charge is 2.45. The monoisotopic (exact) mass is 750 g/mol. The Kier molecular flexibility index (Phi) is 14.6. The number of anilines is 2. The number of hydrogen-bond acceptors (Lipinski definition) is 9. The summed E-state index contributed by atoms with van der Waals surface area (Å²) >= 11 is 1.37. The number of carbonyl (C=O) groups excluding carboxylic acids is 2. The summed E-state index contributed by atoms with van der Waals surface area (Å²) in [7, 11) is 0. The van der Waals surface area contributed by atoms with Gasteiger partial charge in [-0.1, -0.05) is 83.7 Å². The molecule has 13 heteroatoms. The smallest absolute Gasteiger partial charge is 0.326 e. The summed E-state index contributed by atoms with van der Waals surface area (Å²) in [5.41, 5.74) is 1.40. The van der Waals surface area contributed by atoms with Gasteiger partial charge in [0.25, 0.3) is 5.91 Å². The maximum absolute atomic E-state index is 14.4. The standard InChI is InChI=1S/C40H54N4O8S/c1-6-8-19-40(20-9-7-2)25-43(29-13-11-10-12-14-29)32-22-35(53-5)34(23-33(32)44(50,51)26-40)52-24-36(46)42-37(28-15-17-30(45)18-16-28)38(47)41-31(39(48)49)21-27(3)4/h10-18,22-23,27,31,37,45,50H,6-9,19-21,24-26H2,1-5H3,(H,41,47)(H,42,46)(H,48,49)/t31-,37+/m0/s1. The number of hydroxylamine groups is 2. The van der Waals surface area contributed by atoms with Crippen molar-refractivity contribution in [3.05, 3.63) is 77.5 Å². The van der Waals surface area contributed by atoms with Crippen LogP contribution in [0.2, 0.25) is 0 Å². The minimum Gasteiger partial charge on any atom is -0.593 e. The summed E-state index contributed by atoms with van der Waals surface area (Å²) in [5.74, 6) is -2.48. The first kappa shape index (κ1) is 41.5. The van der Waals surface area contributed by atoms with E-state index in [1.807, 2.05) is 56.5 Å². The molecule has 4 rings (SSSR count). The molecule has 1 aliphatic heterocycles. The molecular weight excluding hydrogens is 697 g/mol. The minimum absolute atomic E-state index is 0.0210. The van der Waals surface area contributed by atoms with Gasteiger partial charge in [-0.05, 0) is 67.3 Å². The van der Waals surface area contributed by atoms with Crippen molar-refractivity contribution in [3.63, 3.8) is 0 Å². The molecule has 0 aliphatic carbocycles. The molecule has 3 aromatic carbocycles. The molecule has 1 unspecified atom stereocenters. The van der Waals surface area contributed by atoms with Gasteiger partial charge in [-0.25, -0.2) is 10.0 Å². The zero-order valence-electron chi connectivity index (χ0n) is 31.3. The number of para-hydroxylation sites is 1. The summed E-state index contributed by atoms with van der Waals surface area (Å²) in [6, 6.07) is 16.3. The highest BCUT2D eigenvalue weighted by molar-refractivity contribution is 7.98. The van der Waals surface area contributed by atoms with Gasteiger partial charge in [0.05, 0.1) is 4.90 Å². The van der Waals surface area contributed by atoms with E-state index in [-0.39, 0.29) is 36.1 Å². The van der Waals surface area contributed by atoms with Crippen LogP contribution in [0.15, 0.2) is 71.6 Å². The fourth-order valence-electron chi connectivity index (χ4n) is 6.96. The number of aromatic hydroxyl groups is 1. The second-order valence-corrected chi connectivity index (χ2v) is 15.2. The molecule has 5 N–H and O–H groups in total. The number of amides is 2. The normalized spacial score (nSPS) is 17.7. The molecule has 53 heavy (non-hydrogen) atoms. The quantitative estimate of drug-likeness (QED) is 0.0494. The van der Waals surface area contributed by atoms with Crippen molar-refractivity contribution in [3.8, 4) is 11.5 Å². The first-order chi connectivity index (χ1) is 25.2. The topological polar surface area (TPSA) is 171 Å². The maximum atomic E-state index is 14.4. The van der Waals surface area contributed by atoms with E-state index < -0.39 is 46.7 Å². The van der Waals surface area contributed by atoms with Crippen molar-refractivity contribution >= 4 is 46.6 Å². The van der Waals surface area contributed by atoms with Crippen molar-refractivity contribution in [2.24, 2.45) is 11.3 Å². The number of rotatable bonds is 18. The molecule has 0 saturated carbocycles. The fourth-order valence-corrected chi connectivity index (χ4v) is 7.51. The van der Waals surface area contributed by atoms with Crippen molar-refractivity contribution in [1.29, 1.82) is 0 Å². The lowest BCUT2D eigenvalue weighted by Crippen LogP contribution is -2.49. The Labute approximate surface area is 316 Å². The predicted octanol–water partition coefficient (Wildman–Crippen LogP) is 7.68. The number of thioether (sulfide) groups is 1. The van der Waals surface area contributed by atoms with Crippen molar-refractivity contribution in [2.45, 2.75) is 89.6 Å². The summed E-state index contributed by atoms with van der Waals surface area (Å²) in [6.45, 7) is 7.87. The second-order valence-electron chi connectivity index (χ2n) is 14.4. The van der Waals surface area contributed by atoms with Crippen LogP contribution in [0.1, 0.15) is 84.2 Å². The third-order valence-electron chi connectivity index (χ3n) is 9.63. The number of carboxylic acid groups (broad SMARTS) is 1. The summed E-state index contributed by atoms with van der Waals surface area (Å²) in [5, 5.41) is 50.9. The number of unbranched alkanes of at least 4 members (excludes halogenated alkanes) is 2. The molecule has 0 bridgehead atoms. The first-order valence-electron chi connectivity index (χ1n) is 18.3. The number of phenolic OH excluding ortho intramolecular Hbond substituents is 1. The van der Waals surface area contributed by atoms with E-state index >= 15 is 0 Å². The van der Waals surface area contributed by atoms with Gasteiger partial charge in [0.2, 0.25) is 5.91 Å². The van der Waals surface area contributed by atoms with Gasteiger partial charge >= 0.3 is 5.97 Å². The van der Waals surface area contributed by atoms with Gasteiger partial charge < -0.3 is 35.7 Å². The second kappa shape index (κ2) is 18.6. The molecule has 3 atom stereocenters. The number of hydrogen-bond donors (Lipinski definition) is 5. The zero-order valence-corrected chi connectivity index (χ0v) is 32.2. The van der Waals surface area contributed by atoms with Crippen LogP contribution in [-0.4, -0.2) is 65.2 Å². The minimum atomic E-state index is -1.60. The van der Waals surface area contributed by atoms with Gasteiger partial charge in [-0.2, -0.15) is 4.81 Å². The average Bonchev–Trinajstić information content (AvgIpc) is 3.22. The van der Waals surface area contributed by atoms with E-state index in [0.29, 0.717) is 22.7 Å². The number of fused-ring (bicyclic) bond motifs is 1. The molecule has 12 nitrogen and oxygen atoms in total. The molecule has 0 fully saturated rings. The van der Waals surface area contributed by atoms with Crippen LogP contribution in [0, 0.1) is 16.5 Å². The molecule has 0 saturated heterocycles. The molecule has 1 heterocycles. The summed E-state index contributed by atoms with van der Waals surface area (Å²) in [4.78, 5) is 40.0. The van der Waals surface area contributed by atoms with Crippen molar-refractivity contribution < 1.29 is 34.5 Å². The number of carbonyl (C=O) groups is 3. The molecule has 0 radical (unpaired) electrons. The van der Waals surface area contributed by atoms with Gasteiger partial charge in [-0.15, -0.1) is 11.8 Å². The molecule has 1 aliphatic rings. The lowest BCUT2D eigenvalue weighted by atomic mass is 9.77. The molecule has 2 amide bonds. The zero-order chi connectivity index (χ0) is 38.8. The Morgan fingerprint density at radius 2 is 1.64 bits per heavy atom. The number of nitrogens with zero attached hydrogens (tertiary/aromatic N) is 2. The highest BCUT2D eigenvalue weighted by Crippen LogP contribution is 2.50. The van der Waals surface area contributed by atoms with Gasteiger partial charge in [0.1, 0.15) is 35.8 Å².